The average Bonchev–Trinajstić information content (AvgIpc) is 3.17. The molecule has 3 rings (SSSR count). The highest BCUT2D eigenvalue weighted by atomic mass is 35.5. The highest BCUT2D eigenvalue weighted by Gasteiger charge is 2.13. The number of hydrogen-bond acceptors (Lipinski definition) is 7. The lowest BCUT2D eigenvalue weighted by molar-refractivity contribution is 0.0322. The van der Waals surface area contributed by atoms with Crippen molar-refractivity contribution in [1.29, 1.82) is 0 Å². The number of thiazole rings is 1. The van der Waals surface area contributed by atoms with E-state index in [1.54, 1.807) is 5.38 Å². The van der Waals surface area contributed by atoms with Crippen molar-refractivity contribution in [2.24, 2.45) is 5.73 Å². The van der Waals surface area contributed by atoms with Gasteiger partial charge in [-0.25, -0.2) is 4.98 Å². The molecule has 0 atom stereocenters. The molecular formula is C18H26Cl2N4O3S. The smallest absolute Gasteiger partial charge is 0.271 e. The summed E-state index contributed by atoms with van der Waals surface area (Å²) in [6, 6.07) is 7.75. The van der Waals surface area contributed by atoms with E-state index in [1.165, 1.54) is 11.3 Å². The maximum absolute atomic E-state index is 12.2. The summed E-state index contributed by atoms with van der Waals surface area (Å²) in [5.74, 6) is 0.589. The molecular weight excluding hydrogens is 423 g/mol. The van der Waals surface area contributed by atoms with Gasteiger partial charge in [-0.1, -0.05) is 18.2 Å². The molecule has 10 heteroatoms. The Labute approximate surface area is 181 Å². The molecule has 0 radical (unpaired) electrons. The predicted molar refractivity (Wildman–Crippen MR) is 115 cm³/mol. The summed E-state index contributed by atoms with van der Waals surface area (Å²) < 4.78 is 11.3. The Hall–Kier alpha value is -1.42. The number of aromatic nitrogens is 1. The monoisotopic (exact) mass is 448 g/mol. The summed E-state index contributed by atoms with van der Waals surface area (Å²) in [7, 11) is 0. The number of nitrogens with one attached hydrogen (secondary N) is 1. The lowest BCUT2D eigenvalue weighted by atomic mass is 10.2. The molecule has 2 heterocycles. The molecule has 7 nitrogen and oxygen atoms in total. The van der Waals surface area contributed by atoms with E-state index in [1.807, 2.05) is 24.3 Å². The Morgan fingerprint density at radius 3 is 2.75 bits per heavy atom. The third-order valence-corrected chi connectivity index (χ3v) is 5.01. The number of hydrogen-bond donors (Lipinski definition) is 2. The highest BCUT2D eigenvalue weighted by molar-refractivity contribution is 7.09. The van der Waals surface area contributed by atoms with Gasteiger partial charge in [0, 0.05) is 43.7 Å². The summed E-state index contributed by atoms with van der Waals surface area (Å²) >= 11 is 1.39. The number of nitrogens with zero attached hydrogens (tertiary/aromatic N) is 2. The molecule has 1 aromatic carbocycles. The van der Waals surface area contributed by atoms with Crippen molar-refractivity contribution in [3.8, 4) is 5.75 Å². The van der Waals surface area contributed by atoms with Crippen LogP contribution in [-0.2, 0) is 17.8 Å². The minimum absolute atomic E-state index is 0. The second-order valence-electron chi connectivity index (χ2n) is 5.92. The molecule has 0 unspecified atom stereocenters. The van der Waals surface area contributed by atoms with Crippen LogP contribution in [-0.4, -0.2) is 55.2 Å². The molecule has 0 saturated carbocycles. The second-order valence-corrected chi connectivity index (χ2v) is 6.87. The van der Waals surface area contributed by atoms with Gasteiger partial charge < -0.3 is 20.5 Å². The minimum Gasteiger partial charge on any atom is -0.492 e. The molecule has 1 aliphatic heterocycles. The maximum atomic E-state index is 12.2. The summed E-state index contributed by atoms with van der Waals surface area (Å²) in [6.45, 7) is 5.66. The van der Waals surface area contributed by atoms with E-state index in [4.69, 9.17) is 15.2 Å². The maximum Gasteiger partial charge on any atom is 0.271 e. The summed E-state index contributed by atoms with van der Waals surface area (Å²) in [4.78, 5) is 18.7. The normalized spacial score (nSPS) is 13.9. The van der Waals surface area contributed by atoms with Crippen LogP contribution in [0.2, 0.25) is 0 Å². The van der Waals surface area contributed by atoms with Crippen molar-refractivity contribution < 1.29 is 14.3 Å². The first-order chi connectivity index (χ1) is 12.8. The fourth-order valence-corrected chi connectivity index (χ4v) is 3.33. The largest absolute Gasteiger partial charge is 0.492 e. The Morgan fingerprint density at radius 1 is 1.29 bits per heavy atom. The first kappa shape index (κ1) is 24.6. The third kappa shape index (κ3) is 7.20. The lowest BCUT2D eigenvalue weighted by Crippen LogP contribution is -2.38. The Morgan fingerprint density at radius 2 is 2.04 bits per heavy atom. The first-order valence-electron chi connectivity index (χ1n) is 8.69. The number of halogens is 2. The number of nitrogens with two attached hydrogens (primary N) is 1. The van der Waals surface area contributed by atoms with Gasteiger partial charge in [0.25, 0.3) is 5.91 Å². The van der Waals surface area contributed by atoms with Crippen molar-refractivity contribution in [3.63, 3.8) is 0 Å². The molecule has 1 saturated heterocycles. The summed E-state index contributed by atoms with van der Waals surface area (Å²) in [6.07, 6.45) is 0. The Balaban J connectivity index is 0.00000196. The molecule has 156 valence electrons. The van der Waals surface area contributed by atoms with Gasteiger partial charge in [-0.05, 0) is 6.07 Å². The average molecular weight is 449 g/mol. The highest BCUT2D eigenvalue weighted by Crippen LogP contribution is 2.18. The fraction of sp³-hybridized carbons (Fsp3) is 0.444. The number of carbonyl (C=O) groups excluding carboxylic acids is 1. The van der Waals surface area contributed by atoms with Crippen LogP contribution in [0.15, 0.2) is 29.6 Å². The molecule has 1 amide bonds. The number of ether oxygens (including phenoxy) is 2. The topological polar surface area (TPSA) is 89.7 Å². The molecule has 28 heavy (non-hydrogen) atoms. The van der Waals surface area contributed by atoms with Gasteiger partial charge in [-0.2, -0.15) is 0 Å². The van der Waals surface area contributed by atoms with E-state index in [0.29, 0.717) is 25.4 Å². The minimum atomic E-state index is -0.205. The van der Waals surface area contributed by atoms with Crippen LogP contribution in [0.5, 0.6) is 5.75 Å². The van der Waals surface area contributed by atoms with E-state index < -0.39 is 0 Å². The number of rotatable bonds is 8. The van der Waals surface area contributed by atoms with Gasteiger partial charge >= 0.3 is 0 Å². The van der Waals surface area contributed by atoms with Crippen molar-refractivity contribution >= 4 is 42.1 Å². The fourth-order valence-electron chi connectivity index (χ4n) is 2.68. The van der Waals surface area contributed by atoms with E-state index in [2.05, 4.69) is 15.2 Å². The van der Waals surface area contributed by atoms with Gasteiger partial charge in [0.2, 0.25) is 0 Å². The van der Waals surface area contributed by atoms with E-state index in [9.17, 15) is 4.79 Å². The van der Waals surface area contributed by atoms with Crippen LogP contribution >= 0.6 is 36.2 Å². The van der Waals surface area contributed by atoms with Crippen LogP contribution in [0, 0.1) is 0 Å². The molecule has 1 aromatic heterocycles. The molecule has 3 N–H and O–H groups in total. The van der Waals surface area contributed by atoms with E-state index >= 15 is 0 Å². The lowest BCUT2D eigenvalue weighted by Gasteiger charge is -2.26. The Kier molecular flexibility index (Phi) is 11.4. The molecule has 1 fully saturated rings. The second kappa shape index (κ2) is 12.9. The predicted octanol–water partition coefficient (Wildman–Crippen LogP) is 2.09. The van der Waals surface area contributed by atoms with E-state index in [0.717, 1.165) is 49.2 Å². The van der Waals surface area contributed by atoms with Gasteiger partial charge in [-0.3, -0.25) is 9.69 Å². The van der Waals surface area contributed by atoms with Crippen LogP contribution in [0.1, 0.15) is 21.1 Å². The number of carbonyl (C=O) groups is 1. The third-order valence-electron chi connectivity index (χ3n) is 4.14. The van der Waals surface area contributed by atoms with Gasteiger partial charge in [-0.15, -0.1) is 36.2 Å². The standard InChI is InChI=1S/C18H24N4O3S.2ClH/c19-11-17-21-15(13-26-17)18(23)20-12-14-3-1-2-4-16(14)25-10-7-22-5-8-24-9-6-22;;/h1-4,13H,5-12,19H2,(H,20,23);2*1H. The van der Waals surface area contributed by atoms with Gasteiger partial charge in [0.15, 0.2) is 0 Å². The van der Waals surface area contributed by atoms with Crippen molar-refractivity contribution in [2.45, 2.75) is 13.1 Å². The first-order valence-corrected chi connectivity index (χ1v) is 9.57. The van der Waals surface area contributed by atoms with Gasteiger partial charge in [0.1, 0.15) is 23.1 Å². The molecule has 1 aliphatic rings. The number of morpholine rings is 1. The number of para-hydroxylation sites is 1. The van der Waals surface area contributed by atoms with Crippen molar-refractivity contribution in [3.05, 3.63) is 45.9 Å². The quantitative estimate of drug-likeness (QED) is 0.642. The molecule has 0 spiro atoms. The van der Waals surface area contributed by atoms with E-state index in [-0.39, 0.29) is 30.7 Å². The molecule has 2 aromatic rings. The Bertz CT molecular complexity index is 726. The number of benzene rings is 1. The van der Waals surface area contributed by atoms with Crippen LogP contribution in [0.4, 0.5) is 0 Å². The van der Waals surface area contributed by atoms with Crippen LogP contribution in [0.25, 0.3) is 0 Å². The van der Waals surface area contributed by atoms with Crippen molar-refractivity contribution in [1.82, 2.24) is 15.2 Å². The van der Waals surface area contributed by atoms with Crippen molar-refractivity contribution in [2.75, 3.05) is 39.5 Å². The van der Waals surface area contributed by atoms with Crippen LogP contribution in [0.3, 0.4) is 0 Å². The molecule has 0 aliphatic carbocycles. The van der Waals surface area contributed by atoms with Gasteiger partial charge in [0.05, 0.1) is 13.2 Å². The number of amides is 1. The summed E-state index contributed by atoms with van der Waals surface area (Å²) in [5.41, 5.74) is 6.88. The zero-order chi connectivity index (χ0) is 18.2. The zero-order valence-corrected chi connectivity index (χ0v) is 17.9. The SMILES string of the molecule is Cl.Cl.NCc1nc(C(=O)NCc2ccccc2OCCN2CCOCC2)cs1. The zero-order valence-electron chi connectivity index (χ0n) is 15.5. The van der Waals surface area contributed by atoms with Crippen LogP contribution < -0.4 is 15.8 Å². The molecule has 0 bridgehead atoms. The summed E-state index contributed by atoms with van der Waals surface area (Å²) in [5, 5.41) is 5.37.